The Bertz CT molecular complexity index is 310. The van der Waals surface area contributed by atoms with Crippen LogP contribution >= 0.6 is 0 Å². The third-order valence-electron chi connectivity index (χ3n) is 2.67. The monoisotopic (exact) mass is 206 g/mol. The van der Waals surface area contributed by atoms with Crippen LogP contribution in [0, 0.1) is 0 Å². The van der Waals surface area contributed by atoms with Crippen LogP contribution in [0.1, 0.15) is 25.0 Å². The van der Waals surface area contributed by atoms with E-state index in [9.17, 15) is 0 Å². The topological polar surface area (TPSA) is 34.1 Å². The molecule has 1 N–H and O–H groups in total. The van der Waals surface area contributed by atoms with Gasteiger partial charge in [0.1, 0.15) is 5.75 Å². The number of hydrogen-bond acceptors (Lipinski definition) is 3. The summed E-state index contributed by atoms with van der Waals surface area (Å²) in [6.45, 7) is 1.09. The molecule has 0 amide bonds. The van der Waals surface area contributed by atoms with Crippen molar-refractivity contribution in [3.8, 4) is 5.75 Å². The van der Waals surface area contributed by atoms with Gasteiger partial charge in [-0.1, -0.05) is 0 Å². The van der Waals surface area contributed by atoms with Crippen molar-refractivity contribution in [2.45, 2.75) is 31.7 Å². The van der Waals surface area contributed by atoms with Crippen LogP contribution in [0.5, 0.6) is 5.75 Å². The average molecular weight is 206 g/mol. The van der Waals surface area contributed by atoms with Gasteiger partial charge in [-0.25, -0.2) is 0 Å². The van der Waals surface area contributed by atoms with E-state index in [-0.39, 0.29) is 0 Å². The van der Waals surface area contributed by atoms with E-state index in [4.69, 9.17) is 4.74 Å². The molecule has 1 saturated carbocycles. The maximum Gasteiger partial charge on any atom is 0.140 e. The first-order valence-corrected chi connectivity index (χ1v) is 5.61. The number of nitrogens with one attached hydrogen (secondary N) is 1. The molecular formula is C12H18N2O. The number of methoxy groups -OCH3 is 1. The lowest BCUT2D eigenvalue weighted by Gasteiger charge is -2.07. The summed E-state index contributed by atoms with van der Waals surface area (Å²) in [6, 6.07) is 4.68. The number of ether oxygens (including phenoxy) is 1. The summed E-state index contributed by atoms with van der Waals surface area (Å²) < 4.78 is 5.25. The van der Waals surface area contributed by atoms with Crippen molar-refractivity contribution >= 4 is 0 Å². The van der Waals surface area contributed by atoms with Crippen molar-refractivity contribution in [1.29, 1.82) is 0 Å². The van der Waals surface area contributed by atoms with Gasteiger partial charge in [-0.05, 0) is 44.4 Å². The van der Waals surface area contributed by atoms with Crippen LogP contribution in [-0.4, -0.2) is 24.7 Å². The van der Waals surface area contributed by atoms with Crippen LogP contribution in [0.2, 0.25) is 0 Å². The molecule has 0 unspecified atom stereocenters. The summed E-state index contributed by atoms with van der Waals surface area (Å²) in [7, 11) is 1.70. The van der Waals surface area contributed by atoms with E-state index in [2.05, 4.69) is 10.3 Å². The van der Waals surface area contributed by atoms with E-state index in [1.165, 1.54) is 12.8 Å². The van der Waals surface area contributed by atoms with E-state index in [1.807, 2.05) is 18.3 Å². The minimum absolute atomic E-state index is 0.802. The lowest BCUT2D eigenvalue weighted by atomic mass is 10.2. The Kier molecular flexibility index (Phi) is 3.56. The Morgan fingerprint density at radius 1 is 1.53 bits per heavy atom. The number of nitrogens with zero attached hydrogens (tertiary/aromatic N) is 1. The molecule has 1 aliphatic rings. The highest BCUT2D eigenvalue weighted by molar-refractivity contribution is 5.26. The predicted octanol–water partition coefficient (Wildman–Crippen LogP) is 1.77. The molecule has 0 aliphatic heterocycles. The van der Waals surface area contributed by atoms with Gasteiger partial charge in [0.15, 0.2) is 0 Å². The summed E-state index contributed by atoms with van der Waals surface area (Å²) in [5.41, 5.74) is 1.07. The number of rotatable bonds is 6. The second-order valence-electron chi connectivity index (χ2n) is 3.98. The zero-order valence-corrected chi connectivity index (χ0v) is 9.20. The third-order valence-corrected chi connectivity index (χ3v) is 2.67. The summed E-state index contributed by atoms with van der Waals surface area (Å²) in [5, 5.41) is 3.50. The molecule has 1 aliphatic carbocycles. The first-order valence-electron chi connectivity index (χ1n) is 5.61. The van der Waals surface area contributed by atoms with Gasteiger partial charge in [-0.15, -0.1) is 0 Å². The van der Waals surface area contributed by atoms with Crippen LogP contribution in [0.15, 0.2) is 18.3 Å². The fourth-order valence-electron chi connectivity index (χ4n) is 1.65. The van der Waals surface area contributed by atoms with E-state index in [0.29, 0.717) is 0 Å². The van der Waals surface area contributed by atoms with E-state index < -0.39 is 0 Å². The Morgan fingerprint density at radius 2 is 2.40 bits per heavy atom. The largest absolute Gasteiger partial charge is 0.495 e. The number of aryl methyl sites for hydroxylation is 1. The van der Waals surface area contributed by atoms with Crippen molar-refractivity contribution in [3.63, 3.8) is 0 Å². The number of pyridine rings is 1. The smallest absolute Gasteiger partial charge is 0.140 e. The Labute approximate surface area is 90.9 Å². The first-order chi connectivity index (χ1) is 7.40. The Hall–Kier alpha value is -1.09. The molecule has 0 atom stereocenters. The summed E-state index contributed by atoms with van der Waals surface area (Å²) in [4.78, 5) is 4.33. The van der Waals surface area contributed by atoms with Gasteiger partial charge in [0.2, 0.25) is 0 Å². The third kappa shape index (κ3) is 3.20. The maximum atomic E-state index is 5.25. The Balaban J connectivity index is 1.75. The zero-order chi connectivity index (χ0) is 10.5. The highest BCUT2D eigenvalue weighted by atomic mass is 16.5. The molecule has 0 bridgehead atoms. The van der Waals surface area contributed by atoms with Crippen LogP contribution in [0.4, 0.5) is 0 Å². The van der Waals surface area contributed by atoms with E-state index in [0.717, 1.165) is 36.9 Å². The molecule has 1 fully saturated rings. The molecule has 3 nitrogen and oxygen atoms in total. The summed E-state index contributed by atoms with van der Waals surface area (Å²) in [6.07, 6.45) is 6.65. The van der Waals surface area contributed by atoms with Crippen LogP contribution in [-0.2, 0) is 6.42 Å². The molecule has 3 heteroatoms. The molecular weight excluding hydrogens is 188 g/mol. The minimum Gasteiger partial charge on any atom is -0.495 e. The molecule has 0 saturated heterocycles. The minimum atomic E-state index is 0.802. The SMILES string of the molecule is COc1cccnc1CCCNC1CC1. The molecule has 82 valence electrons. The van der Waals surface area contributed by atoms with Crippen molar-refractivity contribution < 1.29 is 4.74 Å². The predicted molar refractivity (Wildman–Crippen MR) is 60.1 cm³/mol. The van der Waals surface area contributed by atoms with Crippen molar-refractivity contribution in [2.24, 2.45) is 0 Å². The Morgan fingerprint density at radius 3 is 3.13 bits per heavy atom. The fraction of sp³-hybridized carbons (Fsp3) is 0.583. The summed E-state index contributed by atoms with van der Waals surface area (Å²) in [5.74, 6) is 0.906. The highest BCUT2D eigenvalue weighted by Gasteiger charge is 2.19. The van der Waals surface area contributed by atoms with Crippen LogP contribution < -0.4 is 10.1 Å². The van der Waals surface area contributed by atoms with Crippen LogP contribution in [0.25, 0.3) is 0 Å². The molecule has 1 aromatic rings. The first kappa shape index (κ1) is 10.4. The van der Waals surface area contributed by atoms with E-state index >= 15 is 0 Å². The zero-order valence-electron chi connectivity index (χ0n) is 9.20. The molecule has 15 heavy (non-hydrogen) atoms. The maximum absolute atomic E-state index is 5.25. The quantitative estimate of drug-likeness (QED) is 0.720. The van der Waals surface area contributed by atoms with Gasteiger partial charge < -0.3 is 10.1 Å². The molecule has 2 rings (SSSR count). The van der Waals surface area contributed by atoms with Gasteiger partial charge in [0.25, 0.3) is 0 Å². The molecule has 0 radical (unpaired) electrons. The average Bonchev–Trinajstić information content (AvgIpc) is 3.09. The highest BCUT2D eigenvalue weighted by Crippen LogP contribution is 2.19. The fourth-order valence-corrected chi connectivity index (χ4v) is 1.65. The molecule has 0 spiro atoms. The second-order valence-corrected chi connectivity index (χ2v) is 3.98. The standard InChI is InChI=1S/C12H18N2O/c1-15-12-5-3-9-14-11(12)4-2-8-13-10-6-7-10/h3,5,9-10,13H,2,4,6-8H2,1H3. The van der Waals surface area contributed by atoms with Crippen molar-refractivity contribution in [3.05, 3.63) is 24.0 Å². The normalized spacial score (nSPS) is 15.3. The second kappa shape index (κ2) is 5.12. The van der Waals surface area contributed by atoms with Crippen LogP contribution in [0.3, 0.4) is 0 Å². The molecule has 0 aromatic carbocycles. The van der Waals surface area contributed by atoms with Gasteiger partial charge >= 0.3 is 0 Å². The lowest BCUT2D eigenvalue weighted by Crippen LogP contribution is -2.18. The van der Waals surface area contributed by atoms with Crippen molar-refractivity contribution in [1.82, 2.24) is 10.3 Å². The molecule has 1 aromatic heterocycles. The lowest BCUT2D eigenvalue weighted by molar-refractivity contribution is 0.406. The van der Waals surface area contributed by atoms with Gasteiger partial charge in [-0.2, -0.15) is 0 Å². The van der Waals surface area contributed by atoms with Gasteiger partial charge in [-0.3, -0.25) is 4.98 Å². The number of hydrogen-bond donors (Lipinski definition) is 1. The van der Waals surface area contributed by atoms with E-state index in [1.54, 1.807) is 7.11 Å². The van der Waals surface area contributed by atoms with Crippen molar-refractivity contribution in [2.75, 3.05) is 13.7 Å². The van der Waals surface area contributed by atoms with Gasteiger partial charge in [0, 0.05) is 12.2 Å². The summed E-state index contributed by atoms with van der Waals surface area (Å²) >= 11 is 0. The number of aromatic nitrogens is 1. The van der Waals surface area contributed by atoms with Gasteiger partial charge in [0.05, 0.1) is 12.8 Å². The molecule has 1 heterocycles.